The monoisotopic (exact) mass is 492 g/mol. The summed E-state index contributed by atoms with van der Waals surface area (Å²) < 4.78 is 33.8. The molecule has 0 saturated carbocycles. The average molecular weight is 493 g/mol. The molecule has 1 saturated heterocycles. The Morgan fingerprint density at radius 1 is 0.943 bits per heavy atom. The molecule has 5 rings (SSSR count). The zero-order valence-electron chi connectivity index (χ0n) is 19.1. The van der Waals surface area contributed by atoms with E-state index >= 15 is 0 Å². The zero-order chi connectivity index (χ0) is 24.6. The van der Waals surface area contributed by atoms with Crippen LogP contribution >= 0.6 is 0 Å². The van der Waals surface area contributed by atoms with Gasteiger partial charge in [-0.15, -0.1) is 0 Å². The molecule has 0 bridgehead atoms. The second-order valence-electron chi connectivity index (χ2n) is 8.47. The van der Waals surface area contributed by atoms with Crippen LogP contribution in [0, 0.1) is 6.92 Å². The minimum Gasteiger partial charge on any atom is -0.338 e. The van der Waals surface area contributed by atoms with Crippen molar-refractivity contribution in [3.63, 3.8) is 0 Å². The van der Waals surface area contributed by atoms with Crippen molar-refractivity contribution in [1.29, 1.82) is 0 Å². The summed E-state index contributed by atoms with van der Waals surface area (Å²) >= 11 is 0. The Kier molecular flexibility index (Phi) is 6.00. The standard InChI is InChI=1S/C25H24N4O5S/c1-18-6-2-5-9-22(18)24-26-34-25(31)29(24)17-23(30)27-12-14-28(15-13-27)35(32,33)21-11-10-19-7-3-4-8-20(19)16-21/h2-11,16H,12-15,17H2,1H3. The summed E-state index contributed by atoms with van der Waals surface area (Å²) in [5, 5.41) is 5.68. The number of sulfonamides is 1. The molecule has 3 aromatic carbocycles. The molecule has 35 heavy (non-hydrogen) atoms. The highest BCUT2D eigenvalue weighted by Crippen LogP contribution is 2.23. The Morgan fingerprint density at radius 2 is 1.63 bits per heavy atom. The predicted molar refractivity (Wildman–Crippen MR) is 130 cm³/mol. The number of nitrogens with zero attached hydrogens (tertiary/aromatic N) is 4. The third-order valence-corrected chi connectivity index (χ3v) is 8.21. The molecule has 0 N–H and O–H groups in total. The number of carbonyl (C=O) groups excluding carboxylic acids is 1. The van der Waals surface area contributed by atoms with Gasteiger partial charge in [-0.3, -0.25) is 9.32 Å². The van der Waals surface area contributed by atoms with E-state index in [0.717, 1.165) is 16.3 Å². The smallest absolute Gasteiger partial charge is 0.338 e. The van der Waals surface area contributed by atoms with Gasteiger partial charge in [-0.2, -0.15) is 4.31 Å². The first-order valence-corrected chi connectivity index (χ1v) is 12.7. The van der Waals surface area contributed by atoms with Gasteiger partial charge in [-0.25, -0.2) is 17.8 Å². The molecule has 1 aliphatic heterocycles. The molecule has 4 aromatic rings. The van der Waals surface area contributed by atoms with Crippen molar-refractivity contribution in [1.82, 2.24) is 18.9 Å². The summed E-state index contributed by atoms with van der Waals surface area (Å²) in [7, 11) is -3.69. The summed E-state index contributed by atoms with van der Waals surface area (Å²) in [6.07, 6.45) is 0. The molecular weight excluding hydrogens is 468 g/mol. The number of fused-ring (bicyclic) bond motifs is 1. The number of amides is 1. The Balaban J connectivity index is 1.29. The number of benzene rings is 3. The number of rotatable bonds is 5. The average Bonchev–Trinajstić information content (AvgIpc) is 3.23. The number of hydrogen-bond acceptors (Lipinski definition) is 6. The van der Waals surface area contributed by atoms with Crippen LogP contribution in [-0.2, 0) is 21.4 Å². The summed E-state index contributed by atoms with van der Waals surface area (Å²) in [6.45, 7) is 2.45. The third-order valence-electron chi connectivity index (χ3n) is 6.32. The van der Waals surface area contributed by atoms with Crippen molar-refractivity contribution in [2.24, 2.45) is 0 Å². The van der Waals surface area contributed by atoms with Gasteiger partial charge in [0.25, 0.3) is 0 Å². The lowest BCUT2D eigenvalue weighted by Crippen LogP contribution is -2.51. The lowest BCUT2D eigenvalue weighted by molar-refractivity contribution is -0.133. The highest BCUT2D eigenvalue weighted by atomic mass is 32.2. The number of aromatic nitrogens is 2. The van der Waals surface area contributed by atoms with E-state index in [-0.39, 0.29) is 43.5 Å². The quantitative estimate of drug-likeness (QED) is 0.424. The van der Waals surface area contributed by atoms with Crippen molar-refractivity contribution in [2.75, 3.05) is 26.2 Å². The summed E-state index contributed by atoms with van der Waals surface area (Å²) in [5.74, 6) is -0.721. The first-order chi connectivity index (χ1) is 16.8. The van der Waals surface area contributed by atoms with Gasteiger partial charge >= 0.3 is 5.76 Å². The normalized spacial score (nSPS) is 14.9. The first kappa shape index (κ1) is 23.0. The van der Waals surface area contributed by atoms with E-state index < -0.39 is 15.8 Å². The molecule has 1 fully saturated rings. The maximum Gasteiger partial charge on any atom is 0.442 e. The highest BCUT2D eigenvalue weighted by Gasteiger charge is 2.31. The van der Waals surface area contributed by atoms with Crippen LogP contribution in [0.4, 0.5) is 0 Å². The summed E-state index contributed by atoms with van der Waals surface area (Å²) in [6, 6.07) is 20.1. The van der Waals surface area contributed by atoms with Crippen LogP contribution in [-0.4, -0.2) is 59.4 Å². The molecule has 0 aliphatic carbocycles. The van der Waals surface area contributed by atoms with E-state index in [1.807, 2.05) is 55.5 Å². The van der Waals surface area contributed by atoms with Crippen molar-refractivity contribution in [2.45, 2.75) is 18.4 Å². The Hall–Kier alpha value is -3.76. The summed E-state index contributed by atoms with van der Waals surface area (Å²) in [4.78, 5) is 27.0. The molecule has 2 heterocycles. The topological polar surface area (TPSA) is 106 Å². The largest absolute Gasteiger partial charge is 0.442 e. The maximum atomic E-state index is 13.2. The third kappa shape index (κ3) is 4.38. The molecule has 1 aromatic heterocycles. The van der Waals surface area contributed by atoms with Crippen LogP contribution in [0.15, 0.2) is 80.9 Å². The Labute approximate surface area is 202 Å². The van der Waals surface area contributed by atoms with Crippen LogP contribution in [0.2, 0.25) is 0 Å². The number of carbonyl (C=O) groups is 1. The van der Waals surface area contributed by atoms with Gasteiger partial charge < -0.3 is 4.90 Å². The van der Waals surface area contributed by atoms with Crippen LogP contribution < -0.4 is 5.76 Å². The molecular formula is C25H24N4O5S. The van der Waals surface area contributed by atoms with Gasteiger partial charge in [-0.1, -0.05) is 59.8 Å². The molecule has 1 aliphatic rings. The molecule has 0 atom stereocenters. The molecule has 180 valence electrons. The van der Waals surface area contributed by atoms with Crippen molar-refractivity contribution in [3.05, 3.63) is 82.8 Å². The van der Waals surface area contributed by atoms with Crippen LogP contribution in [0.25, 0.3) is 22.2 Å². The van der Waals surface area contributed by atoms with E-state index in [4.69, 9.17) is 4.52 Å². The van der Waals surface area contributed by atoms with Crippen LogP contribution in [0.3, 0.4) is 0 Å². The fourth-order valence-corrected chi connectivity index (χ4v) is 5.77. The van der Waals surface area contributed by atoms with Crippen molar-refractivity contribution in [3.8, 4) is 11.4 Å². The lowest BCUT2D eigenvalue weighted by atomic mass is 10.1. The number of aryl methyl sites for hydroxylation is 1. The van der Waals surface area contributed by atoms with Crippen molar-refractivity contribution >= 4 is 26.7 Å². The Morgan fingerprint density at radius 3 is 2.37 bits per heavy atom. The SMILES string of the molecule is Cc1ccccc1-c1noc(=O)n1CC(=O)N1CCN(S(=O)(=O)c2ccc3ccccc3c2)CC1. The molecule has 9 nitrogen and oxygen atoms in total. The zero-order valence-corrected chi connectivity index (χ0v) is 19.9. The van der Waals surface area contributed by atoms with Gasteiger partial charge in [-0.05, 0) is 35.4 Å². The Bertz CT molecular complexity index is 1570. The van der Waals surface area contributed by atoms with Gasteiger partial charge in [0, 0.05) is 31.7 Å². The van der Waals surface area contributed by atoms with Gasteiger partial charge in [0.2, 0.25) is 15.9 Å². The molecule has 0 unspecified atom stereocenters. The molecule has 0 radical (unpaired) electrons. The minimum atomic E-state index is -3.69. The molecule has 1 amide bonds. The lowest BCUT2D eigenvalue weighted by Gasteiger charge is -2.34. The summed E-state index contributed by atoms with van der Waals surface area (Å²) in [5.41, 5.74) is 1.60. The van der Waals surface area contributed by atoms with Crippen LogP contribution in [0.5, 0.6) is 0 Å². The van der Waals surface area contributed by atoms with Gasteiger partial charge in [0.1, 0.15) is 6.54 Å². The second-order valence-corrected chi connectivity index (χ2v) is 10.4. The fraction of sp³-hybridized carbons (Fsp3) is 0.240. The van der Waals surface area contributed by atoms with Gasteiger partial charge in [0.15, 0.2) is 5.82 Å². The van der Waals surface area contributed by atoms with Gasteiger partial charge in [0.05, 0.1) is 4.90 Å². The number of piperazine rings is 1. The van der Waals surface area contributed by atoms with E-state index in [1.165, 1.54) is 8.87 Å². The minimum absolute atomic E-state index is 0.171. The fourth-order valence-electron chi connectivity index (χ4n) is 4.32. The van der Waals surface area contributed by atoms with E-state index in [1.54, 1.807) is 23.1 Å². The second kappa shape index (κ2) is 9.12. The predicted octanol–water partition coefficient (Wildman–Crippen LogP) is 2.50. The first-order valence-electron chi connectivity index (χ1n) is 11.2. The van der Waals surface area contributed by atoms with Crippen LogP contribution in [0.1, 0.15) is 5.56 Å². The highest BCUT2D eigenvalue weighted by molar-refractivity contribution is 7.89. The molecule has 0 spiro atoms. The van der Waals surface area contributed by atoms with E-state index in [0.29, 0.717) is 11.4 Å². The molecule has 10 heteroatoms. The van der Waals surface area contributed by atoms with E-state index in [2.05, 4.69) is 5.16 Å². The van der Waals surface area contributed by atoms with Crippen molar-refractivity contribution < 1.29 is 17.7 Å². The number of hydrogen-bond donors (Lipinski definition) is 0. The van der Waals surface area contributed by atoms with E-state index in [9.17, 15) is 18.0 Å². The maximum absolute atomic E-state index is 13.2.